The Hall–Kier alpha value is -0.945. The summed E-state index contributed by atoms with van der Waals surface area (Å²) in [5, 5.41) is 18.0. The highest BCUT2D eigenvalue weighted by Crippen LogP contribution is 2.21. The third-order valence-corrected chi connectivity index (χ3v) is 4.05. The fraction of sp³-hybridized carbons (Fsp3) is 0.143. The lowest BCUT2D eigenvalue weighted by atomic mass is 9.80. The Morgan fingerprint density at radius 2 is 1.85 bits per heavy atom. The molecule has 0 aliphatic rings. The zero-order valence-electron chi connectivity index (χ0n) is 10.7. The Kier molecular flexibility index (Phi) is 5.97. The monoisotopic (exact) mass is 352 g/mol. The van der Waals surface area contributed by atoms with Gasteiger partial charge >= 0.3 is 7.12 Å². The van der Waals surface area contributed by atoms with E-state index < -0.39 is 7.12 Å². The third-order valence-electron chi connectivity index (χ3n) is 2.60. The minimum Gasteiger partial charge on any atom is -0.493 e. The first-order valence-corrected chi connectivity index (χ1v) is 7.90. The van der Waals surface area contributed by atoms with Crippen molar-refractivity contribution in [1.29, 1.82) is 0 Å². The summed E-state index contributed by atoms with van der Waals surface area (Å²) in [4.78, 5) is 1.20. The standard InChI is InChI=1S/C14H14BBrO3S/c16-12-2-1-3-14(10-12)20-9-8-19-13-6-4-11(5-7-13)15(17)18/h1-7,10,17-18H,8-9H2. The van der Waals surface area contributed by atoms with Crippen LogP contribution in [0.5, 0.6) is 5.75 Å². The average molecular weight is 353 g/mol. The highest BCUT2D eigenvalue weighted by atomic mass is 79.9. The highest BCUT2D eigenvalue weighted by Gasteiger charge is 2.09. The lowest BCUT2D eigenvalue weighted by molar-refractivity contribution is 0.344. The van der Waals surface area contributed by atoms with E-state index in [9.17, 15) is 0 Å². The Labute approximate surface area is 131 Å². The molecule has 0 aromatic heterocycles. The molecule has 2 aromatic carbocycles. The zero-order chi connectivity index (χ0) is 14.4. The zero-order valence-corrected chi connectivity index (χ0v) is 13.1. The van der Waals surface area contributed by atoms with Crippen LogP contribution in [-0.4, -0.2) is 29.5 Å². The number of hydrogen-bond donors (Lipinski definition) is 2. The van der Waals surface area contributed by atoms with Crippen LogP contribution in [-0.2, 0) is 0 Å². The van der Waals surface area contributed by atoms with Gasteiger partial charge in [0.05, 0.1) is 6.61 Å². The van der Waals surface area contributed by atoms with Gasteiger partial charge in [0.15, 0.2) is 0 Å². The van der Waals surface area contributed by atoms with Crippen LogP contribution >= 0.6 is 27.7 Å². The van der Waals surface area contributed by atoms with Crippen molar-refractivity contribution in [3.63, 3.8) is 0 Å². The van der Waals surface area contributed by atoms with Gasteiger partial charge in [0, 0.05) is 15.1 Å². The van der Waals surface area contributed by atoms with Crippen LogP contribution in [0.4, 0.5) is 0 Å². The highest BCUT2D eigenvalue weighted by molar-refractivity contribution is 9.10. The molecule has 2 N–H and O–H groups in total. The predicted molar refractivity (Wildman–Crippen MR) is 86.6 cm³/mol. The fourth-order valence-electron chi connectivity index (χ4n) is 1.61. The molecule has 0 unspecified atom stereocenters. The molecule has 0 heterocycles. The van der Waals surface area contributed by atoms with Crippen molar-refractivity contribution in [2.24, 2.45) is 0 Å². The molecule has 0 radical (unpaired) electrons. The second-order valence-corrected chi connectivity index (χ2v) is 6.18. The summed E-state index contributed by atoms with van der Waals surface area (Å²) < 4.78 is 6.67. The molecule has 3 nitrogen and oxygen atoms in total. The number of thioether (sulfide) groups is 1. The van der Waals surface area contributed by atoms with Gasteiger partial charge < -0.3 is 14.8 Å². The molecule has 0 amide bonds. The third kappa shape index (κ3) is 4.87. The van der Waals surface area contributed by atoms with Crippen molar-refractivity contribution in [3.8, 4) is 5.75 Å². The van der Waals surface area contributed by atoms with Crippen molar-refractivity contribution in [2.75, 3.05) is 12.4 Å². The van der Waals surface area contributed by atoms with Crippen LogP contribution in [0.1, 0.15) is 0 Å². The maximum absolute atomic E-state index is 8.98. The van der Waals surface area contributed by atoms with Gasteiger partial charge in [-0.05, 0) is 35.8 Å². The van der Waals surface area contributed by atoms with E-state index in [0.29, 0.717) is 12.1 Å². The minimum absolute atomic E-state index is 0.459. The first-order chi connectivity index (χ1) is 9.65. The Bertz CT molecular complexity index is 548. The van der Waals surface area contributed by atoms with Crippen LogP contribution in [0.3, 0.4) is 0 Å². The van der Waals surface area contributed by atoms with Gasteiger partial charge in [-0.1, -0.05) is 34.1 Å². The van der Waals surface area contributed by atoms with Crippen molar-refractivity contribution < 1.29 is 14.8 Å². The maximum atomic E-state index is 8.98. The summed E-state index contributed by atoms with van der Waals surface area (Å²) in [6.45, 7) is 0.595. The van der Waals surface area contributed by atoms with Crippen molar-refractivity contribution in [3.05, 3.63) is 53.0 Å². The summed E-state index contributed by atoms with van der Waals surface area (Å²) in [7, 11) is -1.43. The van der Waals surface area contributed by atoms with Gasteiger partial charge in [0.2, 0.25) is 0 Å². The van der Waals surface area contributed by atoms with Crippen LogP contribution in [0, 0.1) is 0 Å². The molecular weight excluding hydrogens is 339 g/mol. The predicted octanol–water partition coefficient (Wildman–Crippen LogP) is 2.30. The molecule has 0 aliphatic carbocycles. The number of hydrogen-bond acceptors (Lipinski definition) is 4. The molecular formula is C14H14BBrO3S. The lowest BCUT2D eigenvalue weighted by Crippen LogP contribution is -2.29. The summed E-state index contributed by atoms with van der Waals surface area (Å²) >= 11 is 5.17. The van der Waals surface area contributed by atoms with Crippen LogP contribution in [0.15, 0.2) is 57.9 Å². The summed E-state index contributed by atoms with van der Waals surface area (Å²) in [6, 6.07) is 14.9. The van der Waals surface area contributed by atoms with Gasteiger partial charge in [-0.15, -0.1) is 11.8 Å². The van der Waals surface area contributed by atoms with Crippen LogP contribution < -0.4 is 10.2 Å². The van der Waals surface area contributed by atoms with Gasteiger partial charge in [0.25, 0.3) is 0 Å². The molecule has 0 spiro atoms. The van der Waals surface area contributed by atoms with E-state index in [0.717, 1.165) is 16.0 Å². The van der Waals surface area contributed by atoms with E-state index in [1.165, 1.54) is 4.90 Å². The molecule has 0 bridgehead atoms. The fourth-order valence-corrected chi connectivity index (χ4v) is 2.95. The second kappa shape index (κ2) is 7.74. The van der Waals surface area contributed by atoms with E-state index >= 15 is 0 Å². The molecule has 2 rings (SSSR count). The van der Waals surface area contributed by atoms with E-state index in [4.69, 9.17) is 14.8 Å². The molecule has 2 aromatic rings. The molecule has 0 atom stereocenters. The van der Waals surface area contributed by atoms with Gasteiger partial charge in [-0.2, -0.15) is 0 Å². The SMILES string of the molecule is OB(O)c1ccc(OCCSc2cccc(Br)c2)cc1. The topological polar surface area (TPSA) is 49.7 Å². The summed E-state index contributed by atoms with van der Waals surface area (Å²) in [5.74, 6) is 1.57. The number of halogens is 1. The van der Waals surface area contributed by atoms with Crippen LogP contribution in [0.25, 0.3) is 0 Å². The smallest absolute Gasteiger partial charge is 0.488 e. The van der Waals surface area contributed by atoms with Crippen molar-refractivity contribution >= 4 is 40.3 Å². The minimum atomic E-state index is -1.43. The maximum Gasteiger partial charge on any atom is 0.488 e. The number of benzene rings is 2. The molecule has 104 valence electrons. The molecule has 0 saturated heterocycles. The van der Waals surface area contributed by atoms with Crippen molar-refractivity contribution in [2.45, 2.75) is 4.90 Å². The van der Waals surface area contributed by atoms with E-state index in [1.54, 1.807) is 36.0 Å². The largest absolute Gasteiger partial charge is 0.493 e. The molecule has 0 fully saturated rings. The van der Waals surface area contributed by atoms with Gasteiger partial charge in [-0.3, -0.25) is 0 Å². The first-order valence-electron chi connectivity index (χ1n) is 6.12. The average Bonchev–Trinajstić information content (AvgIpc) is 2.44. The Morgan fingerprint density at radius 1 is 1.10 bits per heavy atom. The molecule has 0 aliphatic heterocycles. The number of rotatable bonds is 6. The van der Waals surface area contributed by atoms with Crippen molar-refractivity contribution in [1.82, 2.24) is 0 Å². The summed E-state index contributed by atoms with van der Waals surface area (Å²) in [5.41, 5.74) is 0.459. The molecule has 20 heavy (non-hydrogen) atoms. The molecule has 0 saturated carbocycles. The molecule has 6 heteroatoms. The van der Waals surface area contributed by atoms with Crippen LogP contribution in [0.2, 0.25) is 0 Å². The van der Waals surface area contributed by atoms with E-state index in [1.807, 2.05) is 12.1 Å². The quantitative estimate of drug-likeness (QED) is 0.476. The Morgan fingerprint density at radius 3 is 2.50 bits per heavy atom. The summed E-state index contributed by atoms with van der Waals surface area (Å²) in [6.07, 6.45) is 0. The lowest BCUT2D eigenvalue weighted by Gasteiger charge is -2.07. The van der Waals surface area contributed by atoms with E-state index in [2.05, 4.69) is 28.1 Å². The van der Waals surface area contributed by atoms with E-state index in [-0.39, 0.29) is 0 Å². The van der Waals surface area contributed by atoms with Gasteiger partial charge in [0.1, 0.15) is 5.75 Å². The normalized spacial score (nSPS) is 10.3. The first kappa shape index (κ1) is 15.4. The number of ether oxygens (including phenoxy) is 1. The second-order valence-electron chi connectivity index (χ2n) is 4.10. The Balaban J connectivity index is 1.75. The van der Waals surface area contributed by atoms with Gasteiger partial charge in [-0.25, -0.2) is 0 Å².